The second kappa shape index (κ2) is 7.72. The fraction of sp³-hybridized carbons (Fsp3) is 0.217. The third kappa shape index (κ3) is 2.99. The van der Waals surface area contributed by atoms with E-state index in [1.165, 1.54) is 27.6 Å². The first-order chi connectivity index (χ1) is 13.8. The molecule has 0 fully saturated rings. The Balaban J connectivity index is 0.000000604. The summed E-state index contributed by atoms with van der Waals surface area (Å²) in [6.45, 7) is 1.72. The molecule has 0 saturated heterocycles. The molecule has 0 saturated carbocycles. The van der Waals surface area contributed by atoms with Gasteiger partial charge in [-0.05, 0) is 29.3 Å². The Morgan fingerprint density at radius 3 is 2.61 bits per heavy atom. The van der Waals surface area contributed by atoms with E-state index < -0.39 is 0 Å². The van der Waals surface area contributed by atoms with E-state index in [4.69, 9.17) is 14.9 Å². The van der Waals surface area contributed by atoms with Crippen LogP contribution in [0.3, 0.4) is 0 Å². The van der Waals surface area contributed by atoms with Crippen LogP contribution in [0.4, 0.5) is 5.69 Å². The first-order valence-electron chi connectivity index (χ1n) is 9.45. The number of anilines is 1. The quantitative estimate of drug-likeness (QED) is 0.652. The SMILES string of the molecule is CN1c2ccccc2C2=NCCCN2C1c1cccc2ccccc12.O=CO. The van der Waals surface area contributed by atoms with E-state index in [1.807, 2.05) is 0 Å². The maximum absolute atomic E-state index is 8.36. The van der Waals surface area contributed by atoms with Gasteiger partial charge in [0.25, 0.3) is 6.47 Å². The predicted octanol–water partition coefficient (Wildman–Crippen LogP) is 4.14. The molecule has 142 valence electrons. The van der Waals surface area contributed by atoms with Gasteiger partial charge in [0.05, 0.1) is 0 Å². The molecule has 5 heteroatoms. The van der Waals surface area contributed by atoms with Gasteiger partial charge in [0.2, 0.25) is 0 Å². The van der Waals surface area contributed by atoms with E-state index in [-0.39, 0.29) is 12.6 Å². The zero-order valence-electron chi connectivity index (χ0n) is 15.8. The van der Waals surface area contributed by atoms with Crippen LogP contribution in [-0.2, 0) is 4.79 Å². The second-order valence-corrected chi connectivity index (χ2v) is 6.93. The first-order valence-corrected chi connectivity index (χ1v) is 9.45. The normalized spacial score (nSPS) is 17.8. The summed E-state index contributed by atoms with van der Waals surface area (Å²) in [5.74, 6) is 1.15. The topological polar surface area (TPSA) is 56.1 Å². The van der Waals surface area contributed by atoms with Crippen molar-refractivity contribution in [3.05, 3.63) is 77.9 Å². The molecule has 5 rings (SSSR count). The largest absolute Gasteiger partial charge is 0.483 e. The van der Waals surface area contributed by atoms with Crippen molar-refractivity contribution in [2.75, 3.05) is 25.0 Å². The van der Waals surface area contributed by atoms with Gasteiger partial charge in [-0.2, -0.15) is 0 Å². The van der Waals surface area contributed by atoms with Crippen molar-refractivity contribution >= 4 is 28.8 Å². The Morgan fingerprint density at radius 1 is 1.04 bits per heavy atom. The monoisotopic (exact) mass is 373 g/mol. The molecule has 3 aromatic rings. The number of carbonyl (C=O) groups is 1. The average Bonchev–Trinajstić information content (AvgIpc) is 2.75. The lowest BCUT2D eigenvalue weighted by molar-refractivity contribution is -0.122. The number of nitrogens with zero attached hydrogens (tertiary/aromatic N) is 3. The van der Waals surface area contributed by atoms with Gasteiger partial charge < -0.3 is 14.9 Å². The molecule has 1 N–H and O–H groups in total. The fourth-order valence-corrected chi connectivity index (χ4v) is 4.26. The maximum atomic E-state index is 8.36. The van der Waals surface area contributed by atoms with E-state index in [0.717, 1.165) is 25.3 Å². The van der Waals surface area contributed by atoms with Crippen LogP contribution in [0.2, 0.25) is 0 Å². The molecule has 0 radical (unpaired) electrons. The summed E-state index contributed by atoms with van der Waals surface area (Å²) in [6.07, 6.45) is 1.29. The number of fused-ring (bicyclic) bond motifs is 4. The Kier molecular flexibility index (Phi) is 4.98. The number of hydrogen-bond acceptors (Lipinski definition) is 4. The second-order valence-electron chi connectivity index (χ2n) is 6.93. The Hall–Kier alpha value is -3.34. The first kappa shape index (κ1) is 18.0. The van der Waals surface area contributed by atoms with Crippen molar-refractivity contribution in [2.45, 2.75) is 12.6 Å². The number of para-hydroxylation sites is 1. The molecule has 2 aliphatic rings. The molecule has 1 atom stereocenters. The highest BCUT2D eigenvalue weighted by molar-refractivity contribution is 6.06. The lowest BCUT2D eigenvalue weighted by Crippen LogP contribution is -2.50. The molecular formula is C23H23N3O2. The summed E-state index contributed by atoms with van der Waals surface area (Å²) in [4.78, 5) is 18.1. The van der Waals surface area contributed by atoms with Crippen LogP contribution in [0.5, 0.6) is 0 Å². The number of hydrogen-bond donors (Lipinski definition) is 1. The molecule has 2 heterocycles. The van der Waals surface area contributed by atoms with Crippen LogP contribution in [0.15, 0.2) is 71.7 Å². The molecule has 2 aliphatic heterocycles. The van der Waals surface area contributed by atoms with E-state index in [9.17, 15) is 0 Å². The van der Waals surface area contributed by atoms with Crippen LogP contribution in [0, 0.1) is 0 Å². The third-order valence-electron chi connectivity index (χ3n) is 5.38. The highest BCUT2D eigenvalue weighted by Crippen LogP contribution is 2.40. The van der Waals surface area contributed by atoms with Crippen LogP contribution < -0.4 is 4.90 Å². The van der Waals surface area contributed by atoms with Gasteiger partial charge >= 0.3 is 0 Å². The molecule has 28 heavy (non-hydrogen) atoms. The summed E-state index contributed by atoms with van der Waals surface area (Å²) in [5, 5.41) is 9.51. The van der Waals surface area contributed by atoms with Gasteiger partial charge in [-0.25, -0.2) is 0 Å². The van der Waals surface area contributed by atoms with E-state index in [0.29, 0.717) is 0 Å². The summed E-state index contributed by atoms with van der Waals surface area (Å²) >= 11 is 0. The summed E-state index contributed by atoms with van der Waals surface area (Å²) in [7, 11) is 2.21. The standard InChI is InChI=1S/C22H21N3.CH2O2/c1-24-20-13-5-4-11-19(20)21-23-14-7-15-25(21)22(24)18-12-6-9-16-8-2-3-10-17(16)18;2-1-3/h2-6,8-13,22H,7,14-15H2,1H3;1H,(H,2,3). The minimum Gasteiger partial charge on any atom is -0.483 e. The lowest BCUT2D eigenvalue weighted by Gasteiger charge is -2.47. The molecule has 0 amide bonds. The minimum absolute atomic E-state index is 0.181. The molecule has 0 aliphatic carbocycles. The van der Waals surface area contributed by atoms with Crippen LogP contribution in [0.25, 0.3) is 10.8 Å². The highest BCUT2D eigenvalue weighted by atomic mass is 16.3. The third-order valence-corrected chi connectivity index (χ3v) is 5.38. The zero-order valence-corrected chi connectivity index (χ0v) is 15.8. The van der Waals surface area contributed by atoms with E-state index in [1.54, 1.807) is 0 Å². The lowest BCUT2D eigenvalue weighted by atomic mass is 9.96. The van der Waals surface area contributed by atoms with Crippen molar-refractivity contribution < 1.29 is 9.90 Å². The van der Waals surface area contributed by atoms with Crippen LogP contribution in [-0.4, -0.2) is 42.5 Å². The molecule has 0 spiro atoms. The average molecular weight is 373 g/mol. The molecule has 1 unspecified atom stereocenters. The smallest absolute Gasteiger partial charge is 0.290 e. The van der Waals surface area contributed by atoms with Crippen molar-refractivity contribution in [3.8, 4) is 0 Å². The molecule has 5 nitrogen and oxygen atoms in total. The molecule has 3 aromatic carbocycles. The fourth-order valence-electron chi connectivity index (χ4n) is 4.26. The molecular weight excluding hydrogens is 350 g/mol. The highest BCUT2D eigenvalue weighted by Gasteiger charge is 2.36. The summed E-state index contributed by atoms with van der Waals surface area (Å²) in [6, 6.07) is 23.9. The number of rotatable bonds is 1. The van der Waals surface area contributed by atoms with E-state index in [2.05, 4.69) is 83.6 Å². The number of amidine groups is 1. The van der Waals surface area contributed by atoms with Gasteiger partial charge in [0.15, 0.2) is 0 Å². The van der Waals surface area contributed by atoms with Crippen molar-refractivity contribution in [3.63, 3.8) is 0 Å². The van der Waals surface area contributed by atoms with Crippen molar-refractivity contribution in [1.29, 1.82) is 0 Å². The summed E-state index contributed by atoms with van der Waals surface area (Å²) < 4.78 is 0. The van der Waals surface area contributed by atoms with Crippen LogP contribution >= 0.6 is 0 Å². The predicted molar refractivity (Wildman–Crippen MR) is 113 cm³/mol. The number of benzene rings is 3. The molecule has 0 bridgehead atoms. The maximum Gasteiger partial charge on any atom is 0.290 e. The van der Waals surface area contributed by atoms with Gasteiger partial charge in [0.1, 0.15) is 12.0 Å². The Labute approximate surface area is 164 Å². The number of carboxylic acid groups (broad SMARTS) is 1. The van der Waals surface area contributed by atoms with Crippen molar-refractivity contribution in [2.24, 2.45) is 4.99 Å². The van der Waals surface area contributed by atoms with Crippen LogP contribution in [0.1, 0.15) is 23.7 Å². The Morgan fingerprint density at radius 2 is 1.75 bits per heavy atom. The zero-order chi connectivity index (χ0) is 19.5. The summed E-state index contributed by atoms with van der Waals surface area (Å²) in [5.41, 5.74) is 3.86. The molecule has 0 aromatic heterocycles. The van der Waals surface area contributed by atoms with Crippen molar-refractivity contribution in [1.82, 2.24) is 4.90 Å². The number of aliphatic imine (C=N–C) groups is 1. The van der Waals surface area contributed by atoms with Gasteiger partial charge in [0, 0.05) is 37.0 Å². The Bertz CT molecular complexity index is 1030. The van der Waals surface area contributed by atoms with Gasteiger partial charge in [-0.15, -0.1) is 0 Å². The van der Waals surface area contributed by atoms with Gasteiger partial charge in [-0.1, -0.05) is 54.6 Å². The minimum atomic E-state index is -0.250. The van der Waals surface area contributed by atoms with E-state index >= 15 is 0 Å². The van der Waals surface area contributed by atoms with Gasteiger partial charge in [-0.3, -0.25) is 9.79 Å².